The van der Waals surface area contributed by atoms with Gasteiger partial charge in [-0.2, -0.15) is 0 Å². The second kappa shape index (κ2) is 6.96. The Kier molecular flexibility index (Phi) is 4.90. The summed E-state index contributed by atoms with van der Waals surface area (Å²) in [5, 5.41) is 0. The third kappa shape index (κ3) is 3.58. The predicted octanol–water partition coefficient (Wildman–Crippen LogP) is 3.22. The number of rotatable bonds is 6. The summed E-state index contributed by atoms with van der Waals surface area (Å²) in [4.78, 5) is 25.2. The maximum atomic E-state index is 12.5. The van der Waals surface area contributed by atoms with E-state index in [4.69, 9.17) is 4.74 Å². The van der Waals surface area contributed by atoms with E-state index in [9.17, 15) is 13.8 Å². The number of ether oxygens (including phenoxy) is 1. The summed E-state index contributed by atoms with van der Waals surface area (Å²) < 4.78 is 19.1. The van der Waals surface area contributed by atoms with Crippen LogP contribution in [0.4, 0.5) is 0 Å². The van der Waals surface area contributed by atoms with Crippen molar-refractivity contribution in [1.82, 2.24) is 4.57 Å². The number of hydrogen-bond acceptors (Lipinski definition) is 4. The number of aromatic nitrogens is 1. The molecule has 132 valence electrons. The summed E-state index contributed by atoms with van der Waals surface area (Å²) in [6.45, 7) is 3.59. The zero-order valence-corrected chi connectivity index (χ0v) is 15.4. The number of benzene rings is 1. The van der Waals surface area contributed by atoms with E-state index in [0.717, 1.165) is 24.2 Å². The second-order valence-corrected chi connectivity index (χ2v) is 7.68. The number of aryl methyl sites for hydroxylation is 1. The zero-order valence-electron chi connectivity index (χ0n) is 14.6. The molecule has 1 saturated carbocycles. The average molecular weight is 359 g/mol. The number of ketones is 1. The molecule has 6 heteroatoms. The second-order valence-electron chi connectivity index (χ2n) is 6.34. The van der Waals surface area contributed by atoms with Crippen LogP contribution >= 0.6 is 0 Å². The molecule has 0 aliphatic heterocycles. The van der Waals surface area contributed by atoms with Crippen LogP contribution in [0.25, 0.3) is 0 Å². The van der Waals surface area contributed by atoms with Crippen molar-refractivity contribution < 1.29 is 18.5 Å². The number of carbonyl (C=O) groups excluding carboxylic acids is 2. The molecule has 0 spiro atoms. The smallest absolute Gasteiger partial charge is 0.339 e. The summed E-state index contributed by atoms with van der Waals surface area (Å²) >= 11 is 0. The lowest BCUT2D eigenvalue weighted by atomic mass is 10.1. The van der Waals surface area contributed by atoms with Crippen LogP contribution in [-0.4, -0.2) is 33.4 Å². The van der Waals surface area contributed by atoms with Crippen LogP contribution in [0.1, 0.15) is 51.0 Å². The van der Waals surface area contributed by atoms with Crippen molar-refractivity contribution >= 4 is 22.6 Å². The lowest BCUT2D eigenvalue weighted by Gasteiger charge is -2.09. The highest BCUT2D eigenvalue weighted by molar-refractivity contribution is 7.84. The molecule has 25 heavy (non-hydrogen) atoms. The minimum absolute atomic E-state index is 0.219. The van der Waals surface area contributed by atoms with Gasteiger partial charge in [-0.05, 0) is 44.9 Å². The lowest BCUT2D eigenvalue weighted by molar-refractivity contribution is 0.0471. The minimum atomic E-state index is -1.30. The molecule has 1 aliphatic rings. The molecule has 0 radical (unpaired) electrons. The highest BCUT2D eigenvalue weighted by Gasteiger charge is 2.28. The molecule has 1 aliphatic carbocycles. The lowest BCUT2D eigenvalue weighted by Crippen LogP contribution is -2.16. The van der Waals surface area contributed by atoms with Crippen molar-refractivity contribution in [3.05, 3.63) is 52.8 Å². The van der Waals surface area contributed by atoms with E-state index in [1.165, 1.54) is 6.26 Å². The molecular formula is C19H21NO4S. The highest BCUT2D eigenvalue weighted by Crippen LogP contribution is 2.38. The van der Waals surface area contributed by atoms with E-state index in [1.54, 1.807) is 24.3 Å². The average Bonchev–Trinajstić information content (AvgIpc) is 3.37. The van der Waals surface area contributed by atoms with Crippen molar-refractivity contribution in [1.29, 1.82) is 0 Å². The van der Waals surface area contributed by atoms with Gasteiger partial charge in [-0.3, -0.25) is 9.00 Å². The molecule has 5 nitrogen and oxygen atoms in total. The van der Waals surface area contributed by atoms with Crippen molar-refractivity contribution in [2.24, 2.45) is 0 Å². The summed E-state index contributed by atoms with van der Waals surface area (Å²) in [6, 6.07) is 8.93. The molecule has 0 N–H and O–H groups in total. The van der Waals surface area contributed by atoms with E-state index in [0.29, 0.717) is 16.5 Å². The third-order valence-corrected chi connectivity index (χ3v) is 5.42. The van der Waals surface area contributed by atoms with Gasteiger partial charge in [-0.15, -0.1) is 0 Å². The van der Waals surface area contributed by atoms with Crippen LogP contribution in [0.5, 0.6) is 0 Å². The first-order valence-corrected chi connectivity index (χ1v) is 9.77. The van der Waals surface area contributed by atoms with Gasteiger partial charge in [0.25, 0.3) is 0 Å². The molecule has 2 aromatic rings. The van der Waals surface area contributed by atoms with E-state index >= 15 is 0 Å². The molecule has 3 rings (SSSR count). The first-order chi connectivity index (χ1) is 11.9. The topological polar surface area (TPSA) is 65.4 Å². The molecule has 1 heterocycles. The number of hydrogen-bond donors (Lipinski definition) is 0. The monoisotopic (exact) mass is 359 g/mol. The molecule has 1 aromatic heterocycles. The fourth-order valence-electron chi connectivity index (χ4n) is 3.13. The van der Waals surface area contributed by atoms with E-state index in [-0.39, 0.29) is 18.0 Å². The van der Waals surface area contributed by atoms with E-state index in [2.05, 4.69) is 4.57 Å². The van der Waals surface area contributed by atoms with Gasteiger partial charge < -0.3 is 9.30 Å². The van der Waals surface area contributed by atoms with Crippen LogP contribution < -0.4 is 0 Å². The van der Waals surface area contributed by atoms with Gasteiger partial charge >= 0.3 is 5.97 Å². The molecule has 0 saturated heterocycles. The summed E-state index contributed by atoms with van der Waals surface area (Å²) in [5.41, 5.74) is 2.82. The quantitative estimate of drug-likeness (QED) is 0.587. The molecule has 1 fully saturated rings. The first-order valence-electron chi connectivity index (χ1n) is 8.21. The summed E-state index contributed by atoms with van der Waals surface area (Å²) in [6.07, 6.45) is 3.79. The van der Waals surface area contributed by atoms with Crippen molar-refractivity contribution in [2.75, 3.05) is 12.9 Å². The van der Waals surface area contributed by atoms with Gasteiger partial charge in [0.15, 0.2) is 6.61 Å². The highest BCUT2D eigenvalue weighted by atomic mass is 32.2. The fraction of sp³-hybridized carbons (Fsp3) is 0.368. The maximum absolute atomic E-state index is 12.5. The molecular weight excluding hydrogens is 338 g/mol. The Balaban J connectivity index is 1.72. The minimum Gasteiger partial charge on any atom is -0.454 e. The van der Waals surface area contributed by atoms with Gasteiger partial charge in [0.05, 0.1) is 21.3 Å². The van der Waals surface area contributed by atoms with Gasteiger partial charge in [-0.1, -0.05) is 12.1 Å². The zero-order chi connectivity index (χ0) is 18.1. The van der Waals surface area contributed by atoms with Gasteiger partial charge in [0.1, 0.15) is 0 Å². The SMILES string of the molecule is Cc1cc(C(=O)COC(=O)c2ccccc2[S@@](C)=O)c(C)n1C1CC1. The van der Waals surface area contributed by atoms with E-state index < -0.39 is 16.8 Å². The summed E-state index contributed by atoms with van der Waals surface area (Å²) in [7, 11) is -1.30. The molecule has 1 aromatic carbocycles. The summed E-state index contributed by atoms with van der Waals surface area (Å²) in [5.74, 6) is -0.849. The number of Topliss-reactive ketones (excluding diaryl/α,β-unsaturated/α-hetero) is 1. The van der Waals surface area contributed by atoms with Gasteiger partial charge in [-0.25, -0.2) is 4.79 Å². The van der Waals surface area contributed by atoms with Crippen LogP contribution in [0, 0.1) is 13.8 Å². The fourth-order valence-corrected chi connectivity index (χ4v) is 3.86. The molecule has 1 atom stereocenters. The van der Waals surface area contributed by atoms with E-state index in [1.807, 2.05) is 19.9 Å². The Bertz CT molecular complexity index is 864. The van der Waals surface area contributed by atoms with Gasteiger partial charge in [0, 0.05) is 29.2 Å². The van der Waals surface area contributed by atoms with Crippen LogP contribution in [0.15, 0.2) is 35.2 Å². The van der Waals surface area contributed by atoms with Crippen molar-refractivity contribution in [3.63, 3.8) is 0 Å². The number of carbonyl (C=O) groups is 2. The Morgan fingerprint density at radius 2 is 1.88 bits per heavy atom. The molecule has 0 amide bonds. The molecule has 0 unspecified atom stereocenters. The normalized spacial score (nSPS) is 15.0. The predicted molar refractivity (Wildman–Crippen MR) is 95.6 cm³/mol. The Labute approximate surface area is 149 Å². The van der Waals surface area contributed by atoms with Crippen molar-refractivity contribution in [3.8, 4) is 0 Å². The van der Waals surface area contributed by atoms with Crippen LogP contribution in [0.3, 0.4) is 0 Å². The Morgan fingerprint density at radius 3 is 2.52 bits per heavy atom. The first kappa shape index (κ1) is 17.6. The van der Waals surface area contributed by atoms with Crippen LogP contribution in [-0.2, 0) is 15.5 Å². The van der Waals surface area contributed by atoms with Gasteiger partial charge in [0.2, 0.25) is 5.78 Å². The standard InChI is InChI=1S/C19H21NO4S/c1-12-10-16(13(2)20(12)14-8-9-14)17(21)11-24-19(22)15-6-4-5-7-18(15)25(3)23/h4-7,10,14H,8-9,11H2,1-3H3/t25-/m1/s1. The maximum Gasteiger partial charge on any atom is 0.339 e. The largest absolute Gasteiger partial charge is 0.454 e. The van der Waals surface area contributed by atoms with Crippen LogP contribution in [0.2, 0.25) is 0 Å². The number of esters is 1. The van der Waals surface area contributed by atoms with Crippen molar-refractivity contribution in [2.45, 2.75) is 37.6 Å². The number of nitrogens with zero attached hydrogens (tertiary/aromatic N) is 1. The Morgan fingerprint density at radius 1 is 1.20 bits per heavy atom. The third-order valence-electron chi connectivity index (χ3n) is 4.45. The molecule has 0 bridgehead atoms. The Hall–Kier alpha value is -2.21.